The van der Waals surface area contributed by atoms with Crippen molar-refractivity contribution in [3.8, 4) is 11.8 Å². The molecule has 0 unspecified atom stereocenters. The summed E-state index contributed by atoms with van der Waals surface area (Å²) < 4.78 is 13.1. The number of aliphatic hydroxyl groups is 1. The normalized spacial score (nSPS) is 9.00. The summed E-state index contributed by atoms with van der Waals surface area (Å²) in [6, 6.07) is 4.32. The first kappa shape index (κ1) is 10.4. The lowest BCUT2D eigenvalue weighted by Gasteiger charge is -1.98. The zero-order chi connectivity index (χ0) is 10.4. The van der Waals surface area contributed by atoms with Gasteiger partial charge in [0.25, 0.3) is 0 Å². The maximum Gasteiger partial charge on any atom is 0.131 e. The average molecular weight is 192 g/mol. The first-order chi connectivity index (χ1) is 6.77. The standard InChI is InChI=1S/C11H9FO2/c12-11-7-9(3-1-2-6-13)4-5-10(11)8-14/h4-7,14H,2,8H2. The van der Waals surface area contributed by atoms with Gasteiger partial charge < -0.3 is 9.90 Å². The first-order valence-electron chi connectivity index (χ1n) is 4.09. The Bertz CT molecular complexity index is 388. The van der Waals surface area contributed by atoms with Crippen molar-refractivity contribution in [2.45, 2.75) is 13.0 Å². The van der Waals surface area contributed by atoms with Gasteiger partial charge in [-0.15, -0.1) is 0 Å². The number of rotatable bonds is 2. The van der Waals surface area contributed by atoms with Gasteiger partial charge in [-0.25, -0.2) is 4.39 Å². The molecule has 0 bridgehead atoms. The van der Waals surface area contributed by atoms with Crippen molar-refractivity contribution in [2.24, 2.45) is 0 Å². The molecule has 1 N–H and O–H groups in total. The minimum absolute atomic E-state index is 0.142. The van der Waals surface area contributed by atoms with E-state index in [2.05, 4.69) is 11.8 Å². The summed E-state index contributed by atoms with van der Waals surface area (Å²) in [4.78, 5) is 9.95. The van der Waals surface area contributed by atoms with Crippen molar-refractivity contribution < 1.29 is 14.3 Å². The Balaban J connectivity index is 2.87. The fourth-order valence-corrected chi connectivity index (χ4v) is 0.948. The number of aldehydes is 1. The highest BCUT2D eigenvalue weighted by Gasteiger charge is 1.99. The SMILES string of the molecule is O=CCC#Cc1ccc(CO)c(F)c1. The van der Waals surface area contributed by atoms with E-state index in [1.54, 1.807) is 6.07 Å². The van der Waals surface area contributed by atoms with E-state index < -0.39 is 5.82 Å². The number of hydrogen-bond donors (Lipinski definition) is 1. The number of carbonyl (C=O) groups excluding carboxylic acids is 1. The largest absolute Gasteiger partial charge is 0.392 e. The van der Waals surface area contributed by atoms with Crippen LogP contribution in [0.4, 0.5) is 4.39 Å². The molecule has 0 aliphatic rings. The summed E-state index contributed by atoms with van der Waals surface area (Å²) >= 11 is 0. The third-order valence-corrected chi connectivity index (χ3v) is 1.64. The van der Waals surface area contributed by atoms with Crippen LogP contribution < -0.4 is 0 Å². The van der Waals surface area contributed by atoms with E-state index in [9.17, 15) is 9.18 Å². The Morgan fingerprint density at radius 1 is 1.50 bits per heavy atom. The van der Waals surface area contributed by atoms with Crippen molar-refractivity contribution in [3.63, 3.8) is 0 Å². The van der Waals surface area contributed by atoms with Crippen LogP contribution >= 0.6 is 0 Å². The highest BCUT2D eigenvalue weighted by Crippen LogP contribution is 2.09. The van der Waals surface area contributed by atoms with Gasteiger partial charge in [-0.1, -0.05) is 17.9 Å². The van der Waals surface area contributed by atoms with Crippen LogP contribution in [0.15, 0.2) is 18.2 Å². The molecule has 0 heterocycles. The lowest BCUT2D eigenvalue weighted by Crippen LogP contribution is -1.90. The van der Waals surface area contributed by atoms with Gasteiger partial charge in [-0.3, -0.25) is 0 Å². The lowest BCUT2D eigenvalue weighted by molar-refractivity contribution is -0.107. The number of aliphatic hydroxyl groups excluding tert-OH is 1. The Labute approximate surface area is 81.4 Å². The van der Waals surface area contributed by atoms with Gasteiger partial charge in [-0.05, 0) is 12.1 Å². The Kier molecular flexibility index (Phi) is 3.84. The van der Waals surface area contributed by atoms with Gasteiger partial charge in [0.05, 0.1) is 13.0 Å². The maximum absolute atomic E-state index is 13.1. The van der Waals surface area contributed by atoms with Crippen molar-refractivity contribution >= 4 is 6.29 Å². The summed E-state index contributed by atoms with van der Waals surface area (Å²) in [5, 5.41) is 8.70. The number of hydrogen-bond acceptors (Lipinski definition) is 2. The molecule has 3 heteroatoms. The summed E-state index contributed by atoms with van der Waals surface area (Å²) in [6.07, 6.45) is 0.828. The molecule has 0 amide bonds. The van der Waals surface area contributed by atoms with Crippen LogP contribution in [0, 0.1) is 17.7 Å². The van der Waals surface area contributed by atoms with E-state index in [0.717, 1.165) is 0 Å². The van der Waals surface area contributed by atoms with Crippen LogP contribution in [-0.4, -0.2) is 11.4 Å². The maximum atomic E-state index is 13.1. The molecule has 0 aliphatic heterocycles. The average Bonchev–Trinajstić information content (AvgIpc) is 2.18. The number of halogens is 1. The van der Waals surface area contributed by atoms with E-state index in [-0.39, 0.29) is 18.6 Å². The third-order valence-electron chi connectivity index (χ3n) is 1.64. The van der Waals surface area contributed by atoms with Gasteiger partial charge in [-0.2, -0.15) is 0 Å². The van der Waals surface area contributed by atoms with E-state index >= 15 is 0 Å². The third kappa shape index (κ3) is 2.68. The van der Waals surface area contributed by atoms with Crippen molar-refractivity contribution in [1.29, 1.82) is 0 Å². The molecule has 2 nitrogen and oxygen atoms in total. The van der Waals surface area contributed by atoms with Gasteiger partial charge in [0.2, 0.25) is 0 Å². The first-order valence-corrected chi connectivity index (χ1v) is 4.09. The van der Waals surface area contributed by atoms with E-state index in [0.29, 0.717) is 11.8 Å². The highest BCUT2D eigenvalue weighted by molar-refractivity contribution is 5.55. The van der Waals surface area contributed by atoms with Gasteiger partial charge in [0.1, 0.15) is 12.1 Å². The lowest BCUT2D eigenvalue weighted by atomic mass is 10.1. The van der Waals surface area contributed by atoms with Gasteiger partial charge >= 0.3 is 0 Å². The minimum Gasteiger partial charge on any atom is -0.392 e. The molecule has 0 saturated carbocycles. The predicted octanol–water partition coefficient (Wildman–Crippen LogP) is 1.26. The molecule has 0 aliphatic carbocycles. The van der Waals surface area contributed by atoms with E-state index in [1.165, 1.54) is 12.1 Å². The molecular formula is C11H9FO2. The zero-order valence-corrected chi connectivity index (χ0v) is 7.46. The highest BCUT2D eigenvalue weighted by atomic mass is 19.1. The van der Waals surface area contributed by atoms with Crippen molar-refractivity contribution in [1.82, 2.24) is 0 Å². The smallest absolute Gasteiger partial charge is 0.131 e. The molecule has 0 radical (unpaired) electrons. The fourth-order valence-electron chi connectivity index (χ4n) is 0.948. The topological polar surface area (TPSA) is 37.3 Å². The second-order valence-corrected chi connectivity index (χ2v) is 2.64. The molecule has 0 fully saturated rings. The van der Waals surface area contributed by atoms with Crippen molar-refractivity contribution in [3.05, 3.63) is 35.1 Å². The monoisotopic (exact) mass is 192 g/mol. The van der Waals surface area contributed by atoms with Crippen LogP contribution in [0.2, 0.25) is 0 Å². The molecule has 1 aromatic carbocycles. The Morgan fingerprint density at radius 2 is 2.29 bits per heavy atom. The molecule has 0 aromatic heterocycles. The number of carbonyl (C=O) groups is 1. The van der Waals surface area contributed by atoms with Crippen LogP contribution in [0.1, 0.15) is 17.5 Å². The summed E-state index contributed by atoms with van der Waals surface area (Å²) in [6.45, 7) is -0.326. The Morgan fingerprint density at radius 3 is 2.86 bits per heavy atom. The fraction of sp³-hybridized carbons (Fsp3) is 0.182. The summed E-state index contributed by atoms with van der Waals surface area (Å²) in [5.74, 6) is 4.72. The molecule has 1 rings (SSSR count). The minimum atomic E-state index is -0.481. The molecule has 14 heavy (non-hydrogen) atoms. The quantitative estimate of drug-likeness (QED) is 0.565. The van der Waals surface area contributed by atoms with Crippen LogP contribution in [-0.2, 0) is 11.4 Å². The zero-order valence-electron chi connectivity index (χ0n) is 7.46. The second kappa shape index (κ2) is 5.15. The van der Waals surface area contributed by atoms with Gasteiger partial charge in [0.15, 0.2) is 0 Å². The Hall–Kier alpha value is -1.66. The second-order valence-electron chi connectivity index (χ2n) is 2.64. The van der Waals surface area contributed by atoms with Crippen LogP contribution in [0.5, 0.6) is 0 Å². The number of benzene rings is 1. The van der Waals surface area contributed by atoms with E-state index in [1.807, 2.05) is 0 Å². The summed E-state index contributed by atoms with van der Waals surface area (Å²) in [5.41, 5.74) is 0.743. The van der Waals surface area contributed by atoms with Crippen molar-refractivity contribution in [2.75, 3.05) is 0 Å². The molecular weight excluding hydrogens is 183 g/mol. The van der Waals surface area contributed by atoms with Crippen LogP contribution in [0.25, 0.3) is 0 Å². The van der Waals surface area contributed by atoms with Gasteiger partial charge in [0, 0.05) is 11.1 Å². The predicted molar refractivity (Wildman–Crippen MR) is 49.9 cm³/mol. The summed E-state index contributed by atoms with van der Waals surface area (Å²) in [7, 11) is 0. The van der Waals surface area contributed by atoms with Crippen LogP contribution in [0.3, 0.4) is 0 Å². The molecule has 0 spiro atoms. The molecule has 0 saturated heterocycles. The molecule has 0 atom stereocenters. The van der Waals surface area contributed by atoms with E-state index in [4.69, 9.17) is 5.11 Å². The molecule has 1 aromatic rings. The molecule has 72 valence electrons.